The Bertz CT molecular complexity index is 913. The molecule has 0 saturated carbocycles. The smallest absolute Gasteiger partial charge is 0.132 e. The molecule has 0 atom stereocenters. The second-order valence-corrected chi connectivity index (χ2v) is 15.5. The number of phenolic OH excluding ortho intramolecular Hbond substituents is 2. The predicted octanol–water partition coefficient (Wildman–Crippen LogP) is 9.13. The van der Waals surface area contributed by atoms with Crippen LogP contribution in [0, 0.1) is 0 Å². The second kappa shape index (κ2) is 9.41. The highest BCUT2D eigenvalue weighted by Crippen LogP contribution is 2.46. The highest BCUT2D eigenvalue weighted by Gasteiger charge is 2.27. The van der Waals surface area contributed by atoms with Crippen molar-refractivity contribution in [2.45, 2.75) is 115 Å². The van der Waals surface area contributed by atoms with Gasteiger partial charge < -0.3 is 10.2 Å². The molecular weight excluding hydrogens is 444 g/mol. The van der Waals surface area contributed by atoms with E-state index in [1.54, 1.807) is 23.5 Å². The van der Waals surface area contributed by atoms with Crippen LogP contribution in [0.1, 0.15) is 105 Å². The number of benzene rings is 2. The van der Waals surface area contributed by atoms with Crippen molar-refractivity contribution < 1.29 is 10.2 Å². The second-order valence-electron chi connectivity index (χ2n) is 13.1. The number of hydrogen-bond acceptors (Lipinski definition) is 4. The van der Waals surface area contributed by atoms with Crippen molar-refractivity contribution in [2.24, 2.45) is 0 Å². The van der Waals surface area contributed by atoms with Gasteiger partial charge in [0, 0.05) is 16.2 Å². The highest BCUT2D eigenvalue weighted by atomic mass is 32.2. The first-order chi connectivity index (χ1) is 14.7. The molecule has 0 heterocycles. The van der Waals surface area contributed by atoms with Crippen LogP contribution in [0.3, 0.4) is 0 Å². The first kappa shape index (κ1) is 28.0. The summed E-state index contributed by atoms with van der Waals surface area (Å²) < 4.78 is 0. The predicted molar refractivity (Wildman–Crippen MR) is 148 cm³/mol. The molecule has 0 aliphatic rings. The third-order valence-corrected chi connectivity index (χ3v) is 8.11. The van der Waals surface area contributed by atoms with Gasteiger partial charge in [-0.05, 0) is 44.9 Å². The van der Waals surface area contributed by atoms with Gasteiger partial charge in [0.2, 0.25) is 0 Å². The van der Waals surface area contributed by atoms with Crippen molar-refractivity contribution in [3.63, 3.8) is 0 Å². The largest absolute Gasteiger partial charge is 0.506 e. The molecule has 184 valence electrons. The molecule has 0 radical (unpaired) electrons. The Balaban J connectivity index is 2.43. The van der Waals surface area contributed by atoms with E-state index in [1.165, 1.54) is 11.1 Å². The summed E-state index contributed by atoms with van der Waals surface area (Å²) in [6.07, 6.45) is 0. The molecule has 0 amide bonds. The van der Waals surface area contributed by atoms with E-state index in [9.17, 15) is 10.2 Å². The Kier molecular flexibility index (Phi) is 7.98. The minimum atomic E-state index is -0.144. The molecule has 0 bridgehead atoms. The van der Waals surface area contributed by atoms with Crippen molar-refractivity contribution in [2.75, 3.05) is 5.08 Å². The van der Waals surface area contributed by atoms with Gasteiger partial charge in [0.15, 0.2) is 0 Å². The molecule has 0 aliphatic carbocycles. The van der Waals surface area contributed by atoms with Crippen LogP contribution >= 0.6 is 23.5 Å². The van der Waals surface area contributed by atoms with Gasteiger partial charge in [0.25, 0.3) is 0 Å². The average molecular weight is 489 g/mol. The lowest BCUT2D eigenvalue weighted by atomic mass is 9.80. The topological polar surface area (TPSA) is 40.5 Å². The van der Waals surface area contributed by atoms with Crippen molar-refractivity contribution in [3.8, 4) is 11.5 Å². The van der Waals surface area contributed by atoms with E-state index in [-0.39, 0.29) is 21.7 Å². The number of rotatable bonds is 4. The molecule has 33 heavy (non-hydrogen) atoms. The first-order valence-electron chi connectivity index (χ1n) is 11.7. The zero-order chi connectivity index (χ0) is 25.6. The molecule has 2 nitrogen and oxygen atoms in total. The Morgan fingerprint density at radius 2 is 0.818 bits per heavy atom. The molecule has 0 spiro atoms. The van der Waals surface area contributed by atoms with Gasteiger partial charge in [-0.15, -0.1) is 23.5 Å². The van der Waals surface area contributed by atoms with Crippen LogP contribution in [0.4, 0.5) is 0 Å². The van der Waals surface area contributed by atoms with Crippen LogP contribution in [-0.4, -0.2) is 15.3 Å². The summed E-state index contributed by atoms with van der Waals surface area (Å²) in [6.45, 7) is 26.1. The minimum Gasteiger partial charge on any atom is -0.506 e. The van der Waals surface area contributed by atoms with E-state index < -0.39 is 0 Å². The molecule has 0 aromatic heterocycles. The summed E-state index contributed by atoms with van der Waals surface area (Å²) in [7, 11) is 0. The lowest BCUT2D eigenvalue weighted by Gasteiger charge is -2.28. The van der Waals surface area contributed by atoms with Gasteiger partial charge in [-0.1, -0.05) is 95.2 Å². The Morgan fingerprint density at radius 3 is 1.06 bits per heavy atom. The fourth-order valence-electron chi connectivity index (χ4n) is 3.60. The van der Waals surface area contributed by atoms with Gasteiger partial charge in [0.1, 0.15) is 11.5 Å². The normalized spacial score (nSPS) is 13.5. The van der Waals surface area contributed by atoms with Crippen molar-refractivity contribution in [3.05, 3.63) is 46.5 Å². The van der Waals surface area contributed by atoms with Crippen LogP contribution < -0.4 is 0 Å². The van der Waals surface area contributed by atoms with Crippen LogP contribution in [-0.2, 0) is 21.7 Å². The van der Waals surface area contributed by atoms with E-state index in [0.29, 0.717) is 16.6 Å². The molecule has 0 saturated heterocycles. The van der Waals surface area contributed by atoms with Crippen LogP contribution in [0.25, 0.3) is 0 Å². The molecule has 2 rings (SSSR count). The fourth-order valence-corrected chi connectivity index (χ4v) is 5.77. The van der Waals surface area contributed by atoms with E-state index in [1.807, 2.05) is 0 Å². The summed E-state index contributed by atoms with van der Waals surface area (Å²) in [5.74, 6) is 0.758. The summed E-state index contributed by atoms with van der Waals surface area (Å²) in [4.78, 5) is 1.81. The number of hydrogen-bond donors (Lipinski definition) is 2. The van der Waals surface area contributed by atoms with Gasteiger partial charge in [-0.25, -0.2) is 0 Å². The van der Waals surface area contributed by atoms with Crippen LogP contribution in [0.5, 0.6) is 11.5 Å². The molecule has 2 aromatic rings. The maximum atomic E-state index is 11.1. The van der Waals surface area contributed by atoms with E-state index in [2.05, 4.69) is 107 Å². The van der Waals surface area contributed by atoms with Gasteiger partial charge in [-0.3, -0.25) is 0 Å². The SMILES string of the molecule is CC(C)(C)c1cc(SCSc2cc(C(C)(C)C)cc(C(C)(C)C)c2O)c(O)c(C(C)(C)C)c1. The summed E-state index contributed by atoms with van der Waals surface area (Å²) >= 11 is 3.28. The van der Waals surface area contributed by atoms with Crippen LogP contribution in [0.15, 0.2) is 34.1 Å². The van der Waals surface area contributed by atoms with E-state index in [4.69, 9.17) is 0 Å². The van der Waals surface area contributed by atoms with Gasteiger partial charge in [-0.2, -0.15) is 0 Å². The summed E-state index contributed by atoms with van der Waals surface area (Å²) in [5, 5.41) is 22.9. The van der Waals surface area contributed by atoms with E-state index >= 15 is 0 Å². The highest BCUT2D eigenvalue weighted by molar-refractivity contribution is 8.16. The minimum absolute atomic E-state index is 0.00291. The van der Waals surface area contributed by atoms with Crippen molar-refractivity contribution in [1.29, 1.82) is 0 Å². The lowest BCUT2D eigenvalue weighted by Crippen LogP contribution is -2.17. The summed E-state index contributed by atoms with van der Waals surface area (Å²) in [5.41, 5.74) is 4.12. The average Bonchev–Trinajstić information content (AvgIpc) is 2.60. The zero-order valence-electron chi connectivity index (χ0n) is 22.7. The van der Waals surface area contributed by atoms with Crippen LogP contribution in [0.2, 0.25) is 0 Å². The van der Waals surface area contributed by atoms with Crippen molar-refractivity contribution in [1.82, 2.24) is 0 Å². The third kappa shape index (κ3) is 6.88. The molecule has 2 aromatic carbocycles. The molecule has 0 unspecified atom stereocenters. The quantitative estimate of drug-likeness (QED) is 0.332. The standard InChI is InChI=1S/C29H44O2S2/c1-26(2,3)18-13-20(28(7,8)9)24(30)22(15-18)32-17-33-23-16-19(27(4,5)6)14-21(25(23)31)29(10,11)12/h13-16,30-31H,17H2,1-12H3. The van der Waals surface area contributed by atoms with Gasteiger partial charge in [0.05, 0.1) is 9.79 Å². The maximum absolute atomic E-state index is 11.1. The van der Waals surface area contributed by atoms with Gasteiger partial charge >= 0.3 is 0 Å². The Morgan fingerprint density at radius 1 is 0.515 bits per heavy atom. The number of thioether (sulfide) groups is 2. The Labute approximate surface area is 211 Å². The molecule has 0 aliphatic heterocycles. The number of aromatic hydroxyl groups is 2. The monoisotopic (exact) mass is 488 g/mol. The fraction of sp³-hybridized carbons (Fsp3) is 0.586. The van der Waals surface area contributed by atoms with E-state index in [0.717, 1.165) is 20.9 Å². The first-order valence-corrected chi connectivity index (χ1v) is 13.7. The molecule has 0 fully saturated rings. The third-order valence-electron chi connectivity index (χ3n) is 5.93. The molecular formula is C29H44O2S2. The van der Waals surface area contributed by atoms with Crippen molar-refractivity contribution >= 4 is 23.5 Å². The molecule has 2 N–H and O–H groups in total. The molecule has 4 heteroatoms. The number of phenols is 2. The lowest BCUT2D eigenvalue weighted by molar-refractivity contribution is 0.431. The Hall–Kier alpha value is -1.26. The maximum Gasteiger partial charge on any atom is 0.132 e. The summed E-state index contributed by atoms with van der Waals surface area (Å²) in [6, 6.07) is 8.56. The zero-order valence-corrected chi connectivity index (χ0v) is 24.4.